The summed E-state index contributed by atoms with van der Waals surface area (Å²) in [4.78, 5) is 13.2. The Morgan fingerprint density at radius 1 is 1.16 bits per heavy atom. The Kier molecular flexibility index (Phi) is 9.49. The van der Waals surface area contributed by atoms with E-state index in [0.717, 1.165) is 31.6 Å². The highest BCUT2D eigenvalue weighted by Gasteiger charge is 2.48. The molecule has 0 heterocycles. The van der Waals surface area contributed by atoms with Crippen LogP contribution in [0.3, 0.4) is 0 Å². The number of rotatable bonds is 10. The number of nitrogens with one attached hydrogen (secondary N) is 1. The van der Waals surface area contributed by atoms with Gasteiger partial charge >= 0.3 is 0 Å². The third-order valence-electron chi connectivity index (χ3n) is 7.99. The summed E-state index contributed by atoms with van der Waals surface area (Å²) in [6.45, 7) is 9.77. The van der Waals surface area contributed by atoms with Gasteiger partial charge in [0.15, 0.2) is 5.78 Å². The van der Waals surface area contributed by atoms with Crippen molar-refractivity contribution in [2.24, 2.45) is 23.2 Å². The second-order valence-electron chi connectivity index (χ2n) is 10.9. The van der Waals surface area contributed by atoms with E-state index in [-0.39, 0.29) is 5.92 Å². The molecule has 3 rings (SSSR count). The summed E-state index contributed by atoms with van der Waals surface area (Å²) >= 11 is 1.86. The predicted molar refractivity (Wildman–Crippen MR) is 140 cm³/mol. The molecule has 2 aliphatic carbocycles. The van der Waals surface area contributed by atoms with E-state index in [1.807, 2.05) is 11.8 Å². The number of Topliss-reactive ketones (excluding diaryl/α,β-unsaturated/α-hetero) is 1. The van der Waals surface area contributed by atoms with Gasteiger partial charge in [0.25, 0.3) is 0 Å². The van der Waals surface area contributed by atoms with Crippen LogP contribution < -0.4 is 5.32 Å². The summed E-state index contributed by atoms with van der Waals surface area (Å²) in [5.41, 5.74) is 4.56. The summed E-state index contributed by atoms with van der Waals surface area (Å²) in [5, 5.41) is 3.76. The van der Waals surface area contributed by atoms with Gasteiger partial charge in [-0.3, -0.25) is 4.79 Å². The van der Waals surface area contributed by atoms with Gasteiger partial charge in [-0.2, -0.15) is 11.8 Å². The van der Waals surface area contributed by atoms with Crippen molar-refractivity contribution in [2.75, 3.05) is 18.6 Å². The second-order valence-corrected chi connectivity index (χ2v) is 11.9. The van der Waals surface area contributed by atoms with Crippen molar-refractivity contribution in [3.8, 4) is 0 Å². The summed E-state index contributed by atoms with van der Waals surface area (Å²) in [6, 6.07) is 11.7. The molecule has 1 aromatic rings. The number of carbonyl (C=O) groups is 1. The van der Waals surface area contributed by atoms with E-state index < -0.39 is 0 Å². The molecule has 3 atom stereocenters. The molecule has 2 aliphatic rings. The third kappa shape index (κ3) is 6.29. The summed E-state index contributed by atoms with van der Waals surface area (Å²) < 4.78 is 0. The molecule has 178 valence electrons. The largest absolute Gasteiger partial charge is 0.314 e. The lowest BCUT2D eigenvalue weighted by molar-refractivity contribution is -0.118. The number of thioether (sulfide) groups is 1. The Bertz CT molecular complexity index is 769. The minimum Gasteiger partial charge on any atom is -0.314 e. The van der Waals surface area contributed by atoms with Gasteiger partial charge in [0.2, 0.25) is 0 Å². The third-order valence-corrected chi connectivity index (χ3v) is 8.60. The van der Waals surface area contributed by atoms with Crippen LogP contribution in [0.15, 0.2) is 41.5 Å². The highest BCUT2D eigenvalue weighted by Crippen LogP contribution is 2.56. The molecule has 0 amide bonds. The lowest BCUT2D eigenvalue weighted by Gasteiger charge is -2.53. The molecule has 0 spiro atoms. The van der Waals surface area contributed by atoms with E-state index in [1.165, 1.54) is 48.8 Å². The maximum Gasteiger partial charge on any atom is 0.161 e. The number of ketones is 1. The molecule has 0 aromatic heterocycles. The zero-order valence-corrected chi connectivity index (χ0v) is 21.9. The van der Waals surface area contributed by atoms with Crippen LogP contribution in [0.5, 0.6) is 0 Å². The lowest BCUT2D eigenvalue weighted by Crippen LogP contribution is -2.47. The van der Waals surface area contributed by atoms with Crippen LogP contribution in [0.1, 0.15) is 78.2 Å². The molecule has 2 fully saturated rings. The average Bonchev–Trinajstić information content (AvgIpc) is 2.78. The van der Waals surface area contributed by atoms with E-state index >= 15 is 0 Å². The van der Waals surface area contributed by atoms with Crippen molar-refractivity contribution in [2.45, 2.75) is 85.1 Å². The summed E-state index contributed by atoms with van der Waals surface area (Å²) in [5.74, 6) is 2.93. The summed E-state index contributed by atoms with van der Waals surface area (Å²) in [6.07, 6.45) is 11.8. The van der Waals surface area contributed by atoms with Crippen molar-refractivity contribution in [3.05, 3.63) is 47.0 Å². The minimum atomic E-state index is 0.0973. The SMILES string of the molecule is CSCC/C(C(=O)C(C)C)=C1/CC[C@@]2(Cc3ccccc3)CCC[C@H](CNC(C)C)[C@@H]2C1. The molecule has 0 aliphatic heterocycles. The first kappa shape index (κ1) is 25.6. The zero-order chi connectivity index (χ0) is 23.1. The Labute approximate surface area is 201 Å². The Morgan fingerprint density at radius 2 is 1.91 bits per heavy atom. The van der Waals surface area contributed by atoms with E-state index in [2.05, 4.69) is 69.6 Å². The fourth-order valence-electron chi connectivity index (χ4n) is 6.31. The van der Waals surface area contributed by atoms with Crippen molar-refractivity contribution in [1.82, 2.24) is 5.32 Å². The van der Waals surface area contributed by atoms with Crippen LogP contribution in [0.4, 0.5) is 0 Å². The monoisotopic (exact) mass is 455 g/mol. The molecular weight excluding hydrogens is 410 g/mol. The number of hydrogen-bond acceptors (Lipinski definition) is 3. The van der Waals surface area contributed by atoms with E-state index in [9.17, 15) is 4.79 Å². The molecule has 0 bridgehead atoms. The van der Waals surface area contributed by atoms with Crippen LogP contribution in [0.25, 0.3) is 0 Å². The molecule has 2 nitrogen and oxygen atoms in total. The Balaban J connectivity index is 1.94. The van der Waals surface area contributed by atoms with Crippen LogP contribution in [-0.2, 0) is 11.2 Å². The fraction of sp³-hybridized carbons (Fsp3) is 0.690. The second kappa shape index (κ2) is 11.9. The van der Waals surface area contributed by atoms with Gasteiger partial charge in [0.05, 0.1) is 0 Å². The molecule has 2 saturated carbocycles. The van der Waals surface area contributed by atoms with Gasteiger partial charge in [-0.1, -0.05) is 70.0 Å². The maximum atomic E-state index is 13.2. The number of benzene rings is 1. The molecule has 0 unspecified atom stereocenters. The van der Waals surface area contributed by atoms with Gasteiger partial charge in [0, 0.05) is 12.0 Å². The molecule has 1 N–H and O–H groups in total. The predicted octanol–water partition coefficient (Wildman–Crippen LogP) is 7.09. The van der Waals surface area contributed by atoms with Gasteiger partial charge < -0.3 is 5.32 Å². The Morgan fingerprint density at radius 3 is 2.56 bits per heavy atom. The number of hydrogen-bond donors (Lipinski definition) is 1. The molecule has 32 heavy (non-hydrogen) atoms. The van der Waals surface area contributed by atoms with Crippen molar-refractivity contribution >= 4 is 17.5 Å². The summed E-state index contributed by atoms with van der Waals surface area (Å²) in [7, 11) is 0. The number of fused-ring (bicyclic) bond motifs is 1. The van der Waals surface area contributed by atoms with Gasteiger partial charge in [-0.15, -0.1) is 0 Å². The van der Waals surface area contributed by atoms with Crippen molar-refractivity contribution < 1.29 is 4.79 Å². The standard InChI is InChI=1S/C29H45NOS/c1-21(2)28(31)26(14-17-32-5)24-13-16-29(19-23-10-7-6-8-11-23)15-9-12-25(27(29)18-24)20-30-22(3)4/h6-8,10-11,21-22,25,27,30H,9,12-20H2,1-5H3/b26-24+/t25-,27+,29-/m1/s1. The van der Waals surface area contributed by atoms with Crippen LogP contribution in [0, 0.1) is 23.2 Å². The molecule has 0 saturated heterocycles. The fourth-order valence-corrected chi connectivity index (χ4v) is 6.71. The molecular formula is C29H45NOS. The van der Waals surface area contributed by atoms with E-state index in [4.69, 9.17) is 0 Å². The lowest BCUT2D eigenvalue weighted by atomic mass is 9.52. The quantitative estimate of drug-likeness (QED) is 0.382. The highest BCUT2D eigenvalue weighted by atomic mass is 32.2. The zero-order valence-electron chi connectivity index (χ0n) is 21.1. The molecule has 0 radical (unpaired) electrons. The topological polar surface area (TPSA) is 29.1 Å². The maximum absolute atomic E-state index is 13.2. The molecule has 1 aromatic carbocycles. The van der Waals surface area contributed by atoms with Gasteiger partial charge in [-0.25, -0.2) is 0 Å². The smallest absolute Gasteiger partial charge is 0.161 e. The minimum absolute atomic E-state index is 0.0973. The van der Waals surface area contributed by atoms with E-state index in [1.54, 1.807) is 0 Å². The van der Waals surface area contributed by atoms with Gasteiger partial charge in [0.1, 0.15) is 0 Å². The molecule has 3 heteroatoms. The van der Waals surface area contributed by atoms with E-state index in [0.29, 0.717) is 29.1 Å². The number of allylic oxidation sites excluding steroid dienone is 2. The van der Waals surface area contributed by atoms with Crippen molar-refractivity contribution in [1.29, 1.82) is 0 Å². The van der Waals surface area contributed by atoms with Gasteiger partial charge in [-0.05, 0) is 91.9 Å². The normalized spacial score (nSPS) is 27.5. The van der Waals surface area contributed by atoms with Crippen LogP contribution >= 0.6 is 11.8 Å². The first-order chi connectivity index (χ1) is 15.4. The van der Waals surface area contributed by atoms with Crippen molar-refractivity contribution in [3.63, 3.8) is 0 Å². The first-order valence-electron chi connectivity index (χ1n) is 12.9. The number of carbonyl (C=O) groups excluding carboxylic acids is 1. The van der Waals surface area contributed by atoms with Crippen LogP contribution in [-0.4, -0.2) is 30.4 Å². The first-order valence-corrected chi connectivity index (χ1v) is 14.3. The highest BCUT2D eigenvalue weighted by molar-refractivity contribution is 7.98. The Hall–Kier alpha value is -1.06. The average molecular weight is 456 g/mol. The van der Waals surface area contributed by atoms with Crippen LogP contribution in [0.2, 0.25) is 0 Å².